The SMILES string of the molecule is C=Cc1c(CN=C=O)ccc(C)c1CC. The van der Waals surface area contributed by atoms with Crippen LogP contribution in [0.15, 0.2) is 23.7 Å². The van der Waals surface area contributed by atoms with Gasteiger partial charge in [0.25, 0.3) is 0 Å². The van der Waals surface area contributed by atoms with Crippen LogP contribution in [0.5, 0.6) is 0 Å². The molecule has 0 fully saturated rings. The molecule has 0 aromatic heterocycles. The highest BCUT2D eigenvalue weighted by Gasteiger charge is 2.06. The highest BCUT2D eigenvalue weighted by atomic mass is 16.1. The second-order valence-electron chi connectivity index (χ2n) is 3.40. The van der Waals surface area contributed by atoms with E-state index >= 15 is 0 Å². The predicted molar refractivity (Wildman–Crippen MR) is 62.5 cm³/mol. The Labute approximate surface area is 90.4 Å². The molecule has 0 saturated heterocycles. The van der Waals surface area contributed by atoms with E-state index < -0.39 is 0 Å². The first-order valence-corrected chi connectivity index (χ1v) is 5.02. The molecule has 0 heterocycles. The Kier molecular flexibility index (Phi) is 4.02. The van der Waals surface area contributed by atoms with Gasteiger partial charge in [0, 0.05) is 0 Å². The Hall–Kier alpha value is -1.66. The maximum absolute atomic E-state index is 10.1. The zero-order valence-corrected chi connectivity index (χ0v) is 9.21. The molecule has 15 heavy (non-hydrogen) atoms. The molecule has 1 aromatic carbocycles. The lowest BCUT2D eigenvalue weighted by molar-refractivity contribution is 0.563. The first kappa shape index (κ1) is 11.4. The molecule has 78 valence electrons. The average molecular weight is 201 g/mol. The van der Waals surface area contributed by atoms with Crippen LogP contribution in [0.2, 0.25) is 0 Å². The van der Waals surface area contributed by atoms with Gasteiger partial charge < -0.3 is 0 Å². The third-order valence-electron chi connectivity index (χ3n) is 2.55. The summed E-state index contributed by atoms with van der Waals surface area (Å²) in [5.74, 6) is 0. The molecule has 0 aliphatic rings. The van der Waals surface area contributed by atoms with Gasteiger partial charge in [0.05, 0.1) is 6.54 Å². The fourth-order valence-corrected chi connectivity index (χ4v) is 1.80. The zero-order chi connectivity index (χ0) is 11.3. The van der Waals surface area contributed by atoms with Gasteiger partial charge in [-0.15, -0.1) is 0 Å². The fraction of sp³-hybridized carbons (Fsp3) is 0.308. The van der Waals surface area contributed by atoms with Crippen molar-refractivity contribution < 1.29 is 4.79 Å². The van der Waals surface area contributed by atoms with E-state index in [1.807, 2.05) is 12.1 Å². The molecule has 0 unspecified atom stereocenters. The minimum Gasteiger partial charge on any atom is -0.211 e. The van der Waals surface area contributed by atoms with Crippen LogP contribution in [-0.2, 0) is 17.8 Å². The summed E-state index contributed by atoms with van der Waals surface area (Å²) in [5, 5.41) is 0. The fourth-order valence-electron chi connectivity index (χ4n) is 1.80. The summed E-state index contributed by atoms with van der Waals surface area (Å²) < 4.78 is 0. The molecular formula is C13H15NO. The van der Waals surface area contributed by atoms with Crippen LogP contribution in [0.4, 0.5) is 0 Å². The second-order valence-corrected chi connectivity index (χ2v) is 3.40. The Bertz CT molecular complexity index is 415. The van der Waals surface area contributed by atoms with E-state index in [0.29, 0.717) is 6.54 Å². The van der Waals surface area contributed by atoms with E-state index in [0.717, 1.165) is 17.5 Å². The maximum Gasteiger partial charge on any atom is 0.235 e. The lowest BCUT2D eigenvalue weighted by Crippen LogP contribution is -1.97. The van der Waals surface area contributed by atoms with Crippen molar-refractivity contribution in [3.05, 3.63) is 41.0 Å². The number of benzene rings is 1. The smallest absolute Gasteiger partial charge is 0.211 e. The van der Waals surface area contributed by atoms with Gasteiger partial charge in [-0.05, 0) is 35.6 Å². The van der Waals surface area contributed by atoms with Gasteiger partial charge >= 0.3 is 0 Å². The molecule has 1 aromatic rings. The lowest BCUT2D eigenvalue weighted by atomic mass is 9.95. The van der Waals surface area contributed by atoms with Crippen LogP contribution in [0.25, 0.3) is 6.08 Å². The number of rotatable bonds is 4. The highest BCUT2D eigenvalue weighted by Crippen LogP contribution is 2.21. The second kappa shape index (κ2) is 5.28. The van der Waals surface area contributed by atoms with Crippen molar-refractivity contribution in [2.24, 2.45) is 4.99 Å². The van der Waals surface area contributed by atoms with Crippen LogP contribution < -0.4 is 0 Å². The number of hydrogen-bond donors (Lipinski definition) is 0. The Balaban J connectivity index is 3.27. The van der Waals surface area contributed by atoms with Gasteiger partial charge in [0.2, 0.25) is 6.08 Å². The molecular weight excluding hydrogens is 186 g/mol. The molecule has 0 aliphatic heterocycles. The van der Waals surface area contributed by atoms with Gasteiger partial charge in [-0.2, -0.15) is 0 Å². The molecule has 0 aliphatic carbocycles. The third kappa shape index (κ3) is 2.42. The summed E-state index contributed by atoms with van der Waals surface area (Å²) in [6, 6.07) is 4.05. The van der Waals surface area contributed by atoms with Crippen molar-refractivity contribution in [2.75, 3.05) is 0 Å². The Morgan fingerprint density at radius 3 is 2.80 bits per heavy atom. The number of carbonyl (C=O) groups excluding carboxylic acids is 1. The van der Waals surface area contributed by atoms with Gasteiger partial charge in [-0.3, -0.25) is 0 Å². The van der Waals surface area contributed by atoms with Crippen LogP contribution in [0, 0.1) is 6.92 Å². The van der Waals surface area contributed by atoms with Crippen LogP contribution >= 0.6 is 0 Å². The minimum atomic E-state index is 0.387. The molecule has 2 heteroatoms. The molecule has 2 nitrogen and oxygen atoms in total. The minimum absolute atomic E-state index is 0.387. The molecule has 0 bridgehead atoms. The summed E-state index contributed by atoms with van der Waals surface area (Å²) in [6.45, 7) is 8.39. The predicted octanol–water partition coefficient (Wildman–Crippen LogP) is 3.04. The number of aliphatic imine (C=N–C) groups is 1. The van der Waals surface area contributed by atoms with E-state index in [9.17, 15) is 4.79 Å². The average Bonchev–Trinajstić information content (AvgIpc) is 2.26. The summed E-state index contributed by atoms with van der Waals surface area (Å²) in [7, 11) is 0. The molecule has 0 saturated carbocycles. The van der Waals surface area contributed by atoms with Crippen LogP contribution in [-0.4, -0.2) is 6.08 Å². The molecule has 0 atom stereocenters. The molecule has 1 rings (SSSR count). The van der Waals surface area contributed by atoms with Crippen molar-refractivity contribution in [1.82, 2.24) is 0 Å². The van der Waals surface area contributed by atoms with Crippen molar-refractivity contribution >= 4 is 12.2 Å². The first-order chi connectivity index (χ1) is 7.24. The van der Waals surface area contributed by atoms with Gasteiger partial charge in [-0.1, -0.05) is 31.7 Å². The molecule has 0 radical (unpaired) electrons. The van der Waals surface area contributed by atoms with Crippen molar-refractivity contribution in [1.29, 1.82) is 0 Å². The lowest BCUT2D eigenvalue weighted by Gasteiger charge is -2.11. The largest absolute Gasteiger partial charge is 0.235 e. The summed E-state index contributed by atoms with van der Waals surface area (Å²) in [5.41, 5.74) is 4.68. The van der Waals surface area contributed by atoms with Crippen molar-refractivity contribution in [3.8, 4) is 0 Å². The van der Waals surface area contributed by atoms with Crippen molar-refractivity contribution in [2.45, 2.75) is 26.8 Å². The van der Waals surface area contributed by atoms with E-state index in [4.69, 9.17) is 0 Å². The van der Waals surface area contributed by atoms with Crippen LogP contribution in [0.3, 0.4) is 0 Å². The Morgan fingerprint density at radius 1 is 1.53 bits per heavy atom. The number of nitrogens with zero attached hydrogens (tertiary/aromatic N) is 1. The summed E-state index contributed by atoms with van der Waals surface area (Å²) in [6.07, 6.45) is 4.36. The number of isocyanates is 1. The topological polar surface area (TPSA) is 29.4 Å². The molecule has 0 N–H and O–H groups in total. The molecule has 0 spiro atoms. The van der Waals surface area contributed by atoms with E-state index in [1.54, 1.807) is 6.08 Å². The quantitative estimate of drug-likeness (QED) is 0.544. The van der Waals surface area contributed by atoms with Gasteiger partial charge in [0.1, 0.15) is 0 Å². The van der Waals surface area contributed by atoms with E-state index in [2.05, 4.69) is 31.5 Å². The van der Waals surface area contributed by atoms with Gasteiger partial charge in [0.15, 0.2) is 0 Å². The van der Waals surface area contributed by atoms with Gasteiger partial charge in [-0.25, -0.2) is 9.79 Å². The van der Waals surface area contributed by atoms with Crippen LogP contribution in [0.1, 0.15) is 29.2 Å². The summed E-state index contributed by atoms with van der Waals surface area (Å²) >= 11 is 0. The highest BCUT2D eigenvalue weighted by molar-refractivity contribution is 5.59. The monoisotopic (exact) mass is 201 g/mol. The number of aryl methyl sites for hydroxylation is 1. The van der Waals surface area contributed by atoms with Crippen molar-refractivity contribution in [3.63, 3.8) is 0 Å². The molecule has 0 amide bonds. The Morgan fingerprint density at radius 2 is 2.27 bits per heavy atom. The number of hydrogen-bond acceptors (Lipinski definition) is 2. The van der Waals surface area contributed by atoms with E-state index in [1.165, 1.54) is 11.1 Å². The summed E-state index contributed by atoms with van der Waals surface area (Å²) in [4.78, 5) is 13.7. The maximum atomic E-state index is 10.1. The first-order valence-electron chi connectivity index (χ1n) is 5.02. The normalized spacial score (nSPS) is 9.47. The standard InChI is InChI=1S/C13H15NO/c1-4-12-10(3)6-7-11(8-14-9-15)13(12)5-2/h5-7H,2,4,8H2,1,3H3. The van der Waals surface area contributed by atoms with E-state index in [-0.39, 0.29) is 0 Å². The third-order valence-corrected chi connectivity index (χ3v) is 2.55. The zero-order valence-electron chi connectivity index (χ0n) is 9.21.